The molecule has 1 saturated heterocycles. The van der Waals surface area contributed by atoms with E-state index >= 15 is 0 Å². The van der Waals surface area contributed by atoms with Gasteiger partial charge in [0.1, 0.15) is 0 Å². The number of carbonyl (C=O) groups excluding carboxylic acids is 1. The van der Waals surface area contributed by atoms with Gasteiger partial charge in [-0.15, -0.1) is 12.4 Å². The number of hydrogen-bond donors (Lipinski definition) is 2. The Hall–Kier alpha value is -1.30. The summed E-state index contributed by atoms with van der Waals surface area (Å²) in [6.07, 6.45) is 2.42. The van der Waals surface area contributed by atoms with E-state index in [9.17, 15) is 4.79 Å². The fourth-order valence-electron chi connectivity index (χ4n) is 2.08. The summed E-state index contributed by atoms with van der Waals surface area (Å²) in [5.74, 6) is 0.0268. The molecule has 0 spiro atoms. The second kappa shape index (κ2) is 9.60. The van der Waals surface area contributed by atoms with Crippen molar-refractivity contribution in [3.63, 3.8) is 0 Å². The van der Waals surface area contributed by atoms with Gasteiger partial charge in [-0.1, -0.05) is 12.1 Å². The first-order chi connectivity index (χ1) is 9.74. The number of halogens is 1. The zero-order chi connectivity index (χ0) is 14.2. The highest BCUT2D eigenvalue weighted by Gasteiger charge is 2.15. The van der Waals surface area contributed by atoms with Crippen molar-refractivity contribution in [1.82, 2.24) is 5.32 Å². The molecule has 0 aromatic heterocycles. The first-order valence-electron chi connectivity index (χ1n) is 7.04. The number of nitrogens with one attached hydrogen (secondary N) is 1. The standard InChI is InChI=1S/C15H22N2O3.ClH/c16-13-4-2-12(3-5-13)10-15(18)17-7-1-8-20-14-6-9-19-11-14;/h2-5,14H,1,6-11,16H2,(H,17,18);1H. The van der Waals surface area contributed by atoms with Crippen molar-refractivity contribution in [3.8, 4) is 0 Å². The SMILES string of the molecule is Cl.Nc1ccc(CC(=O)NCCCOC2CCOC2)cc1. The summed E-state index contributed by atoms with van der Waals surface area (Å²) < 4.78 is 10.8. The molecule has 1 fully saturated rings. The molecule has 0 radical (unpaired) electrons. The van der Waals surface area contributed by atoms with Crippen LogP contribution in [0, 0.1) is 0 Å². The predicted molar refractivity (Wildman–Crippen MR) is 84.6 cm³/mol. The van der Waals surface area contributed by atoms with Gasteiger partial charge < -0.3 is 20.5 Å². The summed E-state index contributed by atoms with van der Waals surface area (Å²) in [6.45, 7) is 2.80. The first kappa shape index (κ1) is 17.8. The lowest BCUT2D eigenvalue weighted by atomic mass is 10.1. The van der Waals surface area contributed by atoms with Gasteiger partial charge in [-0.3, -0.25) is 4.79 Å². The lowest BCUT2D eigenvalue weighted by Crippen LogP contribution is -2.27. The second-order valence-electron chi connectivity index (χ2n) is 4.98. The molecular weight excluding hydrogens is 292 g/mol. The molecule has 2 rings (SSSR count). The summed E-state index contributed by atoms with van der Waals surface area (Å²) in [5.41, 5.74) is 7.28. The molecule has 0 saturated carbocycles. The molecule has 0 aliphatic carbocycles. The number of ether oxygens (including phenoxy) is 2. The Labute approximate surface area is 131 Å². The quantitative estimate of drug-likeness (QED) is 0.591. The van der Waals surface area contributed by atoms with Crippen LogP contribution in [-0.4, -0.2) is 38.4 Å². The van der Waals surface area contributed by atoms with Gasteiger partial charge >= 0.3 is 0 Å². The summed E-state index contributed by atoms with van der Waals surface area (Å²) in [7, 11) is 0. The predicted octanol–water partition coefficient (Wildman–Crippen LogP) is 1.54. The van der Waals surface area contributed by atoms with Crippen molar-refractivity contribution in [1.29, 1.82) is 0 Å². The minimum absolute atomic E-state index is 0. The summed E-state index contributed by atoms with van der Waals surface area (Å²) in [4.78, 5) is 11.7. The molecule has 21 heavy (non-hydrogen) atoms. The lowest BCUT2D eigenvalue weighted by molar-refractivity contribution is -0.120. The third-order valence-corrected chi connectivity index (χ3v) is 3.23. The maximum Gasteiger partial charge on any atom is 0.224 e. The average Bonchev–Trinajstić information content (AvgIpc) is 2.94. The number of hydrogen-bond acceptors (Lipinski definition) is 4. The van der Waals surface area contributed by atoms with Gasteiger partial charge in [-0.05, 0) is 30.5 Å². The molecule has 118 valence electrons. The van der Waals surface area contributed by atoms with E-state index in [1.165, 1.54) is 0 Å². The van der Waals surface area contributed by atoms with Crippen LogP contribution < -0.4 is 11.1 Å². The Bertz CT molecular complexity index is 419. The second-order valence-corrected chi connectivity index (χ2v) is 4.98. The molecule has 1 amide bonds. The maximum absolute atomic E-state index is 11.7. The van der Waals surface area contributed by atoms with Crippen molar-refractivity contribution in [2.75, 3.05) is 32.1 Å². The fourth-order valence-corrected chi connectivity index (χ4v) is 2.08. The van der Waals surface area contributed by atoms with E-state index in [4.69, 9.17) is 15.2 Å². The smallest absolute Gasteiger partial charge is 0.224 e. The number of nitrogen functional groups attached to an aromatic ring is 1. The molecule has 1 heterocycles. The van der Waals surface area contributed by atoms with Crippen LogP contribution >= 0.6 is 12.4 Å². The summed E-state index contributed by atoms with van der Waals surface area (Å²) in [5, 5.41) is 2.89. The fraction of sp³-hybridized carbons (Fsp3) is 0.533. The number of nitrogens with two attached hydrogens (primary N) is 1. The van der Waals surface area contributed by atoms with Crippen LogP contribution in [0.25, 0.3) is 0 Å². The van der Waals surface area contributed by atoms with Crippen LogP contribution in [0.15, 0.2) is 24.3 Å². The highest BCUT2D eigenvalue weighted by atomic mass is 35.5. The normalized spacial score (nSPS) is 17.2. The molecule has 1 aromatic rings. The highest BCUT2D eigenvalue weighted by molar-refractivity contribution is 5.85. The molecule has 6 heteroatoms. The van der Waals surface area contributed by atoms with Gasteiger partial charge in [0.2, 0.25) is 5.91 Å². The molecule has 1 aliphatic heterocycles. The monoisotopic (exact) mass is 314 g/mol. The zero-order valence-electron chi connectivity index (χ0n) is 12.0. The Morgan fingerprint density at radius 1 is 1.38 bits per heavy atom. The van der Waals surface area contributed by atoms with Gasteiger partial charge in [0.05, 0.1) is 19.1 Å². The minimum Gasteiger partial charge on any atom is -0.399 e. The third kappa shape index (κ3) is 6.80. The summed E-state index contributed by atoms with van der Waals surface area (Å²) in [6, 6.07) is 7.36. The van der Waals surface area contributed by atoms with E-state index in [0.717, 1.165) is 25.0 Å². The Morgan fingerprint density at radius 2 is 2.14 bits per heavy atom. The Kier molecular flexibility index (Phi) is 8.12. The van der Waals surface area contributed by atoms with Gasteiger partial charge in [-0.2, -0.15) is 0 Å². The van der Waals surface area contributed by atoms with E-state index in [0.29, 0.717) is 31.9 Å². The van der Waals surface area contributed by atoms with Gasteiger partial charge in [0.25, 0.3) is 0 Å². The molecule has 1 unspecified atom stereocenters. The largest absolute Gasteiger partial charge is 0.399 e. The van der Waals surface area contributed by atoms with E-state index in [1.54, 1.807) is 12.1 Å². The van der Waals surface area contributed by atoms with Crippen molar-refractivity contribution in [3.05, 3.63) is 29.8 Å². The van der Waals surface area contributed by atoms with Crippen molar-refractivity contribution in [2.45, 2.75) is 25.4 Å². The van der Waals surface area contributed by atoms with Crippen molar-refractivity contribution in [2.24, 2.45) is 0 Å². The third-order valence-electron chi connectivity index (χ3n) is 3.23. The minimum atomic E-state index is 0. The summed E-state index contributed by atoms with van der Waals surface area (Å²) >= 11 is 0. The van der Waals surface area contributed by atoms with Crippen molar-refractivity contribution >= 4 is 24.0 Å². The molecule has 1 atom stereocenters. The van der Waals surface area contributed by atoms with E-state index in [-0.39, 0.29) is 24.4 Å². The highest BCUT2D eigenvalue weighted by Crippen LogP contribution is 2.08. The van der Waals surface area contributed by atoms with Crippen molar-refractivity contribution < 1.29 is 14.3 Å². The number of amides is 1. The molecule has 5 nitrogen and oxygen atoms in total. The van der Waals surface area contributed by atoms with E-state index < -0.39 is 0 Å². The van der Waals surface area contributed by atoms with Gasteiger partial charge in [0.15, 0.2) is 0 Å². The molecule has 1 aromatic carbocycles. The van der Waals surface area contributed by atoms with Gasteiger partial charge in [-0.25, -0.2) is 0 Å². The van der Waals surface area contributed by atoms with Crippen LogP contribution in [0.1, 0.15) is 18.4 Å². The Morgan fingerprint density at radius 3 is 2.81 bits per heavy atom. The number of carbonyl (C=O) groups is 1. The van der Waals surface area contributed by atoms with Crippen LogP contribution in [0.2, 0.25) is 0 Å². The average molecular weight is 315 g/mol. The number of rotatable bonds is 7. The van der Waals surface area contributed by atoms with Crippen LogP contribution in [-0.2, 0) is 20.7 Å². The van der Waals surface area contributed by atoms with E-state index in [1.807, 2.05) is 12.1 Å². The topological polar surface area (TPSA) is 73.6 Å². The maximum atomic E-state index is 11.7. The molecular formula is C15H23ClN2O3. The molecule has 1 aliphatic rings. The van der Waals surface area contributed by atoms with E-state index in [2.05, 4.69) is 5.32 Å². The zero-order valence-corrected chi connectivity index (χ0v) is 12.9. The first-order valence-corrected chi connectivity index (χ1v) is 7.04. The number of anilines is 1. The lowest BCUT2D eigenvalue weighted by Gasteiger charge is -2.10. The van der Waals surface area contributed by atoms with Gasteiger partial charge in [0, 0.05) is 25.4 Å². The van der Waals surface area contributed by atoms with Crippen LogP contribution in [0.5, 0.6) is 0 Å². The Balaban J connectivity index is 0.00000220. The van der Waals surface area contributed by atoms with Crippen LogP contribution in [0.4, 0.5) is 5.69 Å². The molecule has 0 bridgehead atoms. The van der Waals surface area contributed by atoms with Crippen LogP contribution in [0.3, 0.4) is 0 Å². The molecule has 3 N–H and O–H groups in total. The number of benzene rings is 1.